The second kappa shape index (κ2) is 7.83. The minimum atomic E-state index is -4.37. The molecule has 2 rings (SSSR count). The fourth-order valence-electron chi connectivity index (χ4n) is 2.12. The van der Waals surface area contributed by atoms with Gasteiger partial charge in [-0.3, -0.25) is 0 Å². The van der Waals surface area contributed by atoms with E-state index in [-0.39, 0.29) is 12.5 Å². The zero-order valence-corrected chi connectivity index (χ0v) is 13.1. The smallest absolute Gasteiger partial charge is 0.380 e. The van der Waals surface area contributed by atoms with Crippen molar-refractivity contribution in [3.8, 4) is 0 Å². The highest BCUT2D eigenvalue weighted by molar-refractivity contribution is 5.92. The Hall–Kier alpha value is -2.54. The van der Waals surface area contributed by atoms with Crippen LogP contribution < -0.4 is 11.1 Å². The highest BCUT2D eigenvalue weighted by Crippen LogP contribution is 2.29. The molecule has 2 aromatic carbocycles. The van der Waals surface area contributed by atoms with E-state index in [1.807, 2.05) is 24.3 Å². The molecule has 0 heterocycles. The summed E-state index contributed by atoms with van der Waals surface area (Å²) in [6.45, 7) is 0.458. The summed E-state index contributed by atoms with van der Waals surface area (Å²) in [6.07, 6.45) is -4.37. The Bertz CT molecular complexity index is 714. The second-order valence-corrected chi connectivity index (χ2v) is 5.11. The summed E-state index contributed by atoms with van der Waals surface area (Å²) >= 11 is 0. The molecule has 24 heavy (non-hydrogen) atoms. The molecule has 3 N–H and O–H groups in total. The Morgan fingerprint density at radius 1 is 1.17 bits per heavy atom. The van der Waals surface area contributed by atoms with Crippen LogP contribution in [0.4, 0.5) is 18.9 Å². The molecule has 2 aromatic rings. The van der Waals surface area contributed by atoms with Crippen LogP contribution in [0.1, 0.15) is 16.7 Å². The predicted molar refractivity (Wildman–Crippen MR) is 87.5 cm³/mol. The fourth-order valence-corrected chi connectivity index (χ4v) is 2.12. The van der Waals surface area contributed by atoms with Crippen molar-refractivity contribution in [3.63, 3.8) is 0 Å². The van der Waals surface area contributed by atoms with Crippen molar-refractivity contribution in [1.82, 2.24) is 0 Å². The molecule has 7 heteroatoms. The third kappa shape index (κ3) is 4.99. The highest BCUT2D eigenvalue weighted by atomic mass is 19.4. The molecule has 0 saturated carbocycles. The minimum Gasteiger partial charge on any atom is -0.380 e. The molecule has 0 aromatic heterocycles. The van der Waals surface area contributed by atoms with E-state index in [2.05, 4.69) is 10.3 Å². The molecule has 0 fully saturated rings. The number of halogens is 3. The lowest BCUT2D eigenvalue weighted by Gasteiger charge is -2.11. The van der Waals surface area contributed by atoms with Crippen molar-refractivity contribution in [2.75, 3.05) is 12.4 Å². The Kier molecular flexibility index (Phi) is 5.81. The van der Waals surface area contributed by atoms with E-state index < -0.39 is 11.7 Å². The van der Waals surface area contributed by atoms with Gasteiger partial charge in [0.2, 0.25) is 0 Å². The van der Waals surface area contributed by atoms with Crippen LogP contribution in [-0.2, 0) is 24.1 Å². The highest BCUT2D eigenvalue weighted by Gasteiger charge is 2.30. The number of aliphatic imine (C=N–C) groups is 1. The summed E-state index contributed by atoms with van der Waals surface area (Å²) in [5.41, 5.74) is 7.19. The second-order valence-electron chi connectivity index (χ2n) is 5.11. The van der Waals surface area contributed by atoms with Crippen LogP contribution in [0.3, 0.4) is 0 Å². The normalized spacial score (nSPS) is 12.2. The standard InChI is InChI=1S/C17H18F3N3O/c1-24-11-13-6-2-3-8-15(13)23-16(21)22-10-12-5-4-7-14(9-12)17(18,19)20/h2-9H,10-11H2,1H3,(H3,21,22,23). The first-order chi connectivity index (χ1) is 11.4. The monoisotopic (exact) mass is 337 g/mol. The van der Waals surface area contributed by atoms with E-state index in [9.17, 15) is 13.2 Å². The number of nitrogens with zero attached hydrogens (tertiary/aromatic N) is 1. The quantitative estimate of drug-likeness (QED) is 0.645. The fraction of sp³-hybridized carbons (Fsp3) is 0.235. The molecule has 0 bridgehead atoms. The predicted octanol–water partition coefficient (Wildman–Crippen LogP) is 3.78. The van der Waals surface area contributed by atoms with Crippen LogP contribution >= 0.6 is 0 Å². The van der Waals surface area contributed by atoms with E-state index in [0.29, 0.717) is 12.2 Å². The SMILES string of the molecule is COCc1ccccc1NC(N)=NCc1cccc(C(F)(F)F)c1. The molecule has 0 saturated heterocycles. The summed E-state index contributed by atoms with van der Waals surface area (Å²) < 4.78 is 43.2. The van der Waals surface area contributed by atoms with E-state index in [1.165, 1.54) is 6.07 Å². The number of hydrogen-bond acceptors (Lipinski definition) is 2. The van der Waals surface area contributed by atoms with Gasteiger partial charge in [0, 0.05) is 18.4 Å². The van der Waals surface area contributed by atoms with Gasteiger partial charge >= 0.3 is 6.18 Å². The number of guanidine groups is 1. The first-order valence-electron chi connectivity index (χ1n) is 7.20. The largest absolute Gasteiger partial charge is 0.416 e. The number of ether oxygens (including phenoxy) is 1. The van der Waals surface area contributed by atoms with Gasteiger partial charge in [0.15, 0.2) is 5.96 Å². The molecular formula is C17H18F3N3O. The zero-order chi connectivity index (χ0) is 17.6. The number of alkyl halides is 3. The maximum absolute atomic E-state index is 12.7. The number of nitrogens with two attached hydrogens (primary N) is 1. The molecule has 4 nitrogen and oxygen atoms in total. The van der Waals surface area contributed by atoms with Gasteiger partial charge in [0.1, 0.15) is 0 Å². The third-order valence-electron chi connectivity index (χ3n) is 3.27. The molecule has 0 atom stereocenters. The molecule has 0 aliphatic rings. The summed E-state index contributed by atoms with van der Waals surface area (Å²) in [4.78, 5) is 4.09. The average Bonchev–Trinajstić information content (AvgIpc) is 2.54. The van der Waals surface area contributed by atoms with Crippen molar-refractivity contribution in [1.29, 1.82) is 0 Å². The van der Waals surface area contributed by atoms with Crippen molar-refractivity contribution >= 4 is 11.6 Å². The summed E-state index contributed by atoms with van der Waals surface area (Å²) in [5, 5.41) is 2.94. The van der Waals surface area contributed by atoms with Gasteiger partial charge in [-0.15, -0.1) is 0 Å². The number of methoxy groups -OCH3 is 1. The Labute approximate surface area is 138 Å². The number of para-hydroxylation sites is 1. The molecule has 0 radical (unpaired) electrons. The van der Waals surface area contributed by atoms with Gasteiger partial charge in [-0.1, -0.05) is 30.3 Å². The first kappa shape index (κ1) is 17.8. The average molecular weight is 337 g/mol. The van der Waals surface area contributed by atoms with Gasteiger partial charge in [-0.25, -0.2) is 4.99 Å². The number of nitrogens with one attached hydrogen (secondary N) is 1. The van der Waals surface area contributed by atoms with Crippen LogP contribution in [0, 0.1) is 0 Å². The van der Waals surface area contributed by atoms with Crippen LogP contribution in [0.15, 0.2) is 53.5 Å². The zero-order valence-electron chi connectivity index (χ0n) is 13.1. The number of rotatable bonds is 5. The Balaban J connectivity index is 2.07. The minimum absolute atomic E-state index is 0.0508. The third-order valence-corrected chi connectivity index (χ3v) is 3.27. The molecule has 0 unspecified atom stereocenters. The van der Waals surface area contributed by atoms with Gasteiger partial charge in [0.25, 0.3) is 0 Å². The summed E-state index contributed by atoms with van der Waals surface area (Å²) in [6, 6.07) is 12.4. The van der Waals surface area contributed by atoms with Gasteiger partial charge in [-0.05, 0) is 23.8 Å². The van der Waals surface area contributed by atoms with Gasteiger partial charge < -0.3 is 15.8 Å². The lowest BCUT2D eigenvalue weighted by atomic mass is 10.1. The molecule has 128 valence electrons. The van der Waals surface area contributed by atoms with Crippen molar-refractivity contribution in [2.45, 2.75) is 19.3 Å². The van der Waals surface area contributed by atoms with Crippen LogP contribution in [-0.4, -0.2) is 13.1 Å². The number of benzene rings is 2. The number of hydrogen-bond donors (Lipinski definition) is 2. The molecule has 0 spiro atoms. The first-order valence-corrected chi connectivity index (χ1v) is 7.20. The molecule has 0 amide bonds. The van der Waals surface area contributed by atoms with E-state index in [1.54, 1.807) is 13.2 Å². The Morgan fingerprint density at radius 3 is 2.62 bits per heavy atom. The van der Waals surface area contributed by atoms with Crippen molar-refractivity contribution in [2.24, 2.45) is 10.7 Å². The van der Waals surface area contributed by atoms with Gasteiger partial charge in [0.05, 0.1) is 18.7 Å². The van der Waals surface area contributed by atoms with Crippen molar-refractivity contribution in [3.05, 3.63) is 65.2 Å². The Morgan fingerprint density at radius 2 is 1.92 bits per heavy atom. The molecular weight excluding hydrogens is 319 g/mol. The van der Waals surface area contributed by atoms with E-state index in [0.717, 1.165) is 23.4 Å². The molecule has 0 aliphatic heterocycles. The summed E-state index contributed by atoms with van der Waals surface area (Å²) in [5.74, 6) is 0.121. The maximum Gasteiger partial charge on any atom is 0.416 e. The maximum atomic E-state index is 12.7. The topological polar surface area (TPSA) is 59.6 Å². The van der Waals surface area contributed by atoms with E-state index in [4.69, 9.17) is 10.5 Å². The molecule has 0 aliphatic carbocycles. The van der Waals surface area contributed by atoms with Crippen LogP contribution in [0.2, 0.25) is 0 Å². The number of anilines is 1. The van der Waals surface area contributed by atoms with Crippen LogP contribution in [0.25, 0.3) is 0 Å². The lowest BCUT2D eigenvalue weighted by molar-refractivity contribution is -0.137. The van der Waals surface area contributed by atoms with Crippen molar-refractivity contribution < 1.29 is 17.9 Å². The van der Waals surface area contributed by atoms with Gasteiger partial charge in [-0.2, -0.15) is 13.2 Å². The van der Waals surface area contributed by atoms with Crippen LogP contribution in [0.5, 0.6) is 0 Å². The summed E-state index contributed by atoms with van der Waals surface area (Å²) in [7, 11) is 1.59. The lowest BCUT2D eigenvalue weighted by Crippen LogP contribution is -2.23. The van der Waals surface area contributed by atoms with E-state index >= 15 is 0 Å².